The van der Waals surface area contributed by atoms with E-state index in [9.17, 15) is 0 Å². The van der Waals surface area contributed by atoms with Crippen molar-refractivity contribution in [2.24, 2.45) is 0 Å². The maximum absolute atomic E-state index is 2.72. The van der Waals surface area contributed by atoms with Gasteiger partial charge in [-0.05, 0) is 188 Å². The van der Waals surface area contributed by atoms with Crippen LogP contribution < -0.4 is 10.4 Å². The van der Waals surface area contributed by atoms with E-state index < -0.39 is 0 Å². The van der Waals surface area contributed by atoms with Crippen molar-refractivity contribution in [2.45, 2.75) is 130 Å². The first-order valence-electron chi connectivity index (χ1n) is 22.0. The molecule has 292 valence electrons. The highest BCUT2D eigenvalue weighted by Crippen LogP contribution is 2.53. The van der Waals surface area contributed by atoms with Crippen molar-refractivity contribution < 1.29 is 0 Å². The van der Waals surface area contributed by atoms with Crippen LogP contribution in [0.1, 0.15) is 131 Å². The second-order valence-corrected chi connectivity index (χ2v) is 21.3. The predicted octanol–water partition coefficient (Wildman–Crippen LogP) is 13.9. The second kappa shape index (κ2) is 12.6. The monoisotopic (exact) mass is 757 g/mol. The van der Waals surface area contributed by atoms with E-state index in [2.05, 4.69) is 178 Å². The number of fused-ring (bicyclic) bond motifs is 6. The molecule has 10 rings (SSSR count). The molecule has 0 unspecified atom stereocenters. The minimum atomic E-state index is 0.120. The summed E-state index contributed by atoms with van der Waals surface area (Å²) in [4.78, 5) is 2.72. The molecular weight excluding hydrogens is 697 g/mol. The average Bonchev–Trinajstić information content (AvgIpc) is 3.54. The molecule has 0 fully saturated rings. The Morgan fingerprint density at radius 2 is 1.09 bits per heavy atom. The maximum atomic E-state index is 2.72. The van der Waals surface area contributed by atoms with Crippen LogP contribution in [0.2, 0.25) is 0 Å². The van der Waals surface area contributed by atoms with Crippen LogP contribution in [-0.4, -0.2) is 7.28 Å². The topological polar surface area (TPSA) is 3.24 Å². The fourth-order valence-corrected chi connectivity index (χ4v) is 11.6. The first-order valence-corrected chi connectivity index (χ1v) is 22.0. The Labute approximate surface area is 348 Å². The Morgan fingerprint density at radius 1 is 0.500 bits per heavy atom. The zero-order chi connectivity index (χ0) is 40.7. The standard InChI is InChI=1S/C56H60BN/c1-33-25-44(41-18-14-17-40(35(41)3)42-28-37-16-13-12-15-36(37)27-34(42)2)51-50(26-33)58(39-19-20-45-47(31-39)55(8,9)22-21-53(45,4)5)52-43-32-48-46(29-38(43)30-49(52)57-51)54(6,7)23-24-56(48,10)11/h12-20,25-29,31-32,57H,21-24,30H2,1-11H3. The highest BCUT2D eigenvalue weighted by molar-refractivity contribution is 6.67. The molecule has 0 saturated carbocycles. The first-order chi connectivity index (χ1) is 27.4. The lowest BCUT2D eigenvalue weighted by Gasteiger charge is -2.43. The minimum absolute atomic E-state index is 0.120. The van der Waals surface area contributed by atoms with Gasteiger partial charge in [0.05, 0.1) is 0 Å². The van der Waals surface area contributed by atoms with E-state index in [1.807, 2.05) is 0 Å². The molecule has 6 aromatic rings. The van der Waals surface area contributed by atoms with Crippen molar-refractivity contribution in [1.82, 2.24) is 0 Å². The molecule has 0 radical (unpaired) electrons. The third kappa shape index (κ3) is 5.64. The summed E-state index contributed by atoms with van der Waals surface area (Å²) < 4.78 is 0. The summed E-state index contributed by atoms with van der Waals surface area (Å²) in [6.07, 6.45) is 5.89. The van der Waals surface area contributed by atoms with Gasteiger partial charge in [0.25, 0.3) is 0 Å². The maximum Gasteiger partial charge on any atom is 0.193 e. The van der Waals surface area contributed by atoms with E-state index in [1.54, 1.807) is 16.6 Å². The molecule has 4 aliphatic rings. The Hall–Kier alpha value is -4.82. The highest BCUT2D eigenvalue weighted by Gasteiger charge is 2.43. The van der Waals surface area contributed by atoms with Crippen LogP contribution in [0, 0.1) is 20.8 Å². The first kappa shape index (κ1) is 37.5. The van der Waals surface area contributed by atoms with Gasteiger partial charge < -0.3 is 4.90 Å². The van der Waals surface area contributed by atoms with Gasteiger partial charge in [-0.25, -0.2) is 0 Å². The van der Waals surface area contributed by atoms with Crippen molar-refractivity contribution in [3.8, 4) is 22.3 Å². The van der Waals surface area contributed by atoms with E-state index >= 15 is 0 Å². The Kier molecular flexibility index (Phi) is 8.13. The van der Waals surface area contributed by atoms with Gasteiger partial charge in [-0.15, -0.1) is 0 Å². The zero-order valence-corrected chi connectivity index (χ0v) is 36.9. The van der Waals surface area contributed by atoms with Crippen LogP contribution >= 0.6 is 0 Å². The van der Waals surface area contributed by atoms with Crippen molar-refractivity contribution in [2.75, 3.05) is 4.90 Å². The molecular formula is C56H60BN. The quantitative estimate of drug-likeness (QED) is 0.163. The van der Waals surface area contributed by atoms with Crippen molar-refractivity contribution in [1.29, 1.82) is 0 Å². The number of benzene rings is 6. The molecule has 1 heterocycles. The van der Waals surface area contributed by atoms with E-state index in [1.165, 1.54) is 120 Å². The fraction of sp³-hybridized carbons (Fsp3) is 0.357. The number of aryl methyl sites for hydroxylation is 2. The van der Waals surface area contributed by atoms with Gasteiger partial charge in [0.15, 0.2) is 7.28 Å². The summed E-state index contributed by atoms with van der Waals surface area (Å²) in [5, 5.41) is 2.59. The number of anilines is 2. The highest BCUT2D eigenvalue weighted by atomic mass is 15.2. The van der Waals surface area contributed by atoms with E-state index in [0.29, 0.717) is 0 Å². The van der Waals surface area contributed by atoms with E-state index in [0.717, 1.165) is 13.7 Å². The smallest absolute Gasteiger partial charge is 0.193 e. The van der Waals surface area contributed by atoms with Crippen LogP contribution in [0.4, 0.5) is 11.4 Å². The Bertz CT molecular complexity index is 2770. The lowest BCUT2D eigenvalue weighted by molar-refractivity contribution is 0.331. The van der Waals surface area contributed by atoms with Crippen LogP contribution in [0.5, 0.6) is 0 Å². The Morgan fingerprint density at radius 3 is 1.76 bits per heavy atom. The zero-order valence-electron chi connectivity index (χ0n) is 36.9. The van der Waals surface area contributed by atoms with Gasteiger partial charge in [-0.2, -0.15) is 0 Å². The van der Waals surface area contributed by atoms with Gasteiger partial charge in [-0.1, -0.05) is 128 Å². The van der Waals surface area contributed by atoms with Crippen LogP contribution in [0.15, 0.2) is 103 Å². The number of nitrogens with zero attached hydrogens (tertiary/aromatic N) is 1. The van der Waals surface area contributed by atoms with Gasteiger partial charge in [0.2, 0.25) is 0 Å². The average molecular weight is 758 g/mol. The molecule has 2 heteroatoms. The summed E-state index contributed by atoms with van der Waals surface area (Å²) in [6.45, 7) is 26.7. The van der Waals surface area contributed by atoms with Crippen molar-refractivity contribution >= 4 is 40.6 Å². The molecule has 0 N–H and O–H groups in total. The molecule has 0 aromatic heterocycles. The number of rotatable bonds is 3. The fourth-order valence-electron chi connectivity index (χ4n) is 11.6. The van der Waals surface area contributed by atoms with Crippen LogP contribution in [-0.2, 0) is 28.1 Å². The normalized spacial score (nSPS) is 19.2. The van der Waals surface area contributed by atoms with Gasteiger partial charge in [-0.3, -0.25) is 0 Å². The molecule has 0 atom stereocenters. The summed E-state index contributed by atoms with van der Waals surface area (Å²) in [6, 6.07) is 38.3. The van der Waals surface area contributed by atoms with Gasteiger partial charge in [0, 0.05) is 22.6 Å². The van der Waals surface area contributed by atoms with Crippen molar-refractivity contribution in [3.63, 3.8) is 0 Å². The summed E-state index contributed by atoms with van der Waals surface area (Å²) in [5.41, 5.74) is 26.2. The molecule has 3 aliphatic carbocycles. The van der Waals surface area contributed by atoms with Gasteiger partial charge >= 0.3 is 0 Å². The molecule has 6 aromatic carbocycles. The van der Waals surface area contributed by atoms with Crippen molar-refractivity contribution in [3.05, 3.63) is 153 Å². The molecule has 1 nitrogen and oxygen atoms in total. The molecule has 1 aliphatic heterocycles. The molecule has 58 heavy (non-hydrogen) atoms. The van der Waals surface area contributed by atoms with E-state index in [4.69, 9.17) is 0 Å². The Balaban J connectivity index is 1.20. The molecule has 0 spiro atoms. The predicted molar refractivity (Wildman–Crippen MR) is 252 cm³/mol. The summed E-state index contributed by atoms with van der Waals surface area (Å²) >= 11 is 0. The lowest BCUT2D eigenvalue weighted by atomic mass is 9.57. The molecule has 0 amide bonds. The summed E-state index contributed by atoms with van der Waals surface area (Å²) in [7, 11) is 0.963. The SMILES string of the molecule is Cc1cc(-c2cccc(-c3cc4ccccc4cc3C)c2C)c2c(c1)N(c1ccc3c(c1)C(C)(C)CCC3(C)C)C1=C(B2)Cc2cc3c(cc21)C(C)(C)CCC3(C)C. The van der Waals surface area contributed by atoms with E-state index in [-0.39, 0.29) is 21.7 Å². The second-order valence-electron chi connectivity index (χ2n) is 21.3. The third-order valence-electron chi connectivity index (χ3n) is 15.4. The summed E-state index contributed by atoms with van der Waals surface area (Å²) in [5.74, 6) is 0. The van der Waals surface area contributed by atoms with Gasteiger partial charge in [0.1, 0.15) is 0 Å². The molecule has 0 bridgehead atoms. The molecule has 0 saturated heterocycles. The minimum Gasteiger partial charge on any atom is -0.311 e. The van der Waals surface area contributed by atoms with Crippen LogP contribution in [0.3, 0.4) is 0 Å². The largest absolute Gasteiger partial charge is 0.311 e. The number of allylic oxidation sites excluding steroid dienone is 1. The number of hydrogen-bond donors (Lipinski definition) is 0. The third-order valence-corrected chi connectivity index (χ3v) is 15.4. The number of hydrogen-bond acceptors (Lipinski definition) is 1. The van der Waals surface area contributed by atoms with Crippen LogP contribution in [0.25, 0.3) is 38.7 Å². The lowest BCUT2D eigenvalue weighted by Crippen LogP contribution is -2.36.